The molecule has 5 heteroatoms. The lowest BCUT2D eigenvalue weighted by molar-refractivity contribution is 0.0943. The van der Waals surface area contributed by atoms with Crippen molar-refractivity contribution in [2.75, 3.05) is 13.2 Å². The summed E-state index contributed by atoms with van der Waals surface area (Å²) in [6.07, 6.45) is 0. The zero-order valence-corrected chi connectivity index (χ0v) is 13.2. The highest BCUT2D eigenvalue weighted by atomic mass is 35.5. The fourth-order valence-electron chi connectivity index (χ4n) is 2.06. The number of carbonyl (C=O) groups excluding carboxylic acids is 1. The average molecular weight is 322 g/mol. The third-order valence-corrected chi connectivity index (χ3v) is 3.39. The molecule has 0 fully saturated rings. The van der Waals surface area contributed by atoms with Crippen molar-refractivity contribution < 1.29 is 13.9 Å². The van der Waals surface area contributed by atoms with Crippen LogP contribution in [-0.4, -0.2) is 19.1 Å². The minimum absolute atomic E-state index is 0.0316. The zero-order chi connectivity index (χ0) is 16.1. The summed E-state index contributed by atoms with van der Waals surface area (Å²) < 4.78 is 19.2. The van der Waals surface area contributed by atoms with E-state index in [4.69, 9.17) is 16.3 Å². The van der Waals surface area contributed by atoms with Crippen LogP contribution < -0.4 is 10.1 Å². The number of aryl methyl sites for hydroxylation is 2. The summed E-state index contributed by atoms with van der Waals surface area (Å²) in [5, 5.41) is 2.87. The molecule has 1 amide bonds. The largest absolute Gasteiger partial charge is 0.491 e. The van der Waals surface area contributed by atoms with Gasteiger partial charge in [-0.05, 0) is 43.7 Å². The molecule has 0 bridgehead atoms. The van der Waals surface area contributed by atoms with Crippen molar-refractivity contribution in [3.63, 3.8) is 0 Å². The molecule has 3 nitrogen and oxygen atoms in total. The van der Waals surface area contributed by atoms with Gasteiger partial charge in [0.25, 0.3) is 5.91 Å². The molecule has 0 saturated carbocycles. The van der Waals surface area contributed by atoms with Crippen LogP contribution in [-0.2, 0) is 0 Å². The molecule has 0 aliphatic carbocycles. The molecule has 116 valence electrons. The highest BCUT2D eigenvalue weighted by molar-refractivity contribution is 6.30. The maximum absolute atomic E-state index is 13.6. The summed E-state index contributed by atoms with van der Waals surface area (Å²) in [6, 6.07) is 9.83. The van der Waals surface area contributed by atoms with Gasteiger partial charge >= 0.3 is 0 Å². The van der Waals surface area contributed by atoms with Gasteiger partial charge in [-0.1, -0.05) is 29.3 Å². The van der Waals surface area contributed by atoms with Gasteiger partial charge in [0.15, 0.2) is 0 Å². The van der Waals surface area contributed by atoms with E-state index in [1.807, 2.05) is 32.0 Å². The van der Waals surface area contributed by atoms with Gasteiger partial charge in [-0.2, -0.15) is 0 Å². The molecule has 2 rings (SSSR count). The van der Waals surface area contributed by atoms with E-state index in [1.165, 1.54) is 12.1 Å². The Balaban J connectivity index is 1.84. The topological polar surface area (TPSA) is 38.3 Å². The van der Waals surface area contributed by atoms with Crippen LogP contribution in [0.4, 0.5) is 4.39 Å². The summed E-state index contributed by atoms with van der Waals surface area (Å²) in [6.45, 7) is 4.57. The number of rotatable bonds is 5. The van der Waals surface area contributed by atoms with Crippen molar-refractivity contribution in [1.82, 2.24) is 5.32 Å². The number of benzene rings is 2. The van der Waals surface area contributed by atoms with E-state index in [0.29, 0.717) is 6.61 Å². The highest BCUT2D eigenvalue weighted by Crippen LogP contribution is 2.18. The van der Waals surface area contributed by atoms with Crippen LogP contribution in [0.25, 0.3) is 0 Å². The third kappa shape index (κ3) is 4.21. The number of nitrogens with one attached hydrogen (secondary N) is 1. The van der Waals surface area contributed by atoms with E-state index in [0.717, 1.165) is 22.9 Å². The molecule has 0 aromatic heterocycles. The molecule has 0 heterocycles. The summed E-state index contributed by atoms with van der Waals surface area (Å²) in [5.41, 5.74) is 2.17. The normalized spacial score (nSPS) is 10.4. The van der Waals surface area contributed by atoms with Gasteiger partial charge in [0, 0.05) is 5.02 Å². The Morgan fingerprint density at radius 2 is 2.00 bits per heavy atom. The van der Waals surface area contributed by atoms with Gasteiger partial charge in [-0.25, -0.2) is 4.39 Å². The first-order valence-electron chi connectivity index (χ1n) is 6.90. The minimum Gasteiger partial charge on any atom is -0.491 e. The van der Waals surface area contributed by atoms with E-state index in [-0.39, 0.29) is 17.1 Å². The van der Waals surface area contributed by atoms with Gasteiger partial charge in [-0.15, -0.1) is 0 Å². The van der Waals surface area contributed by atoms with E-state index >= 15 is 0 Å². The van der Waals surface area contributed by atoms with E-state index < -0.39 is 11.7 Å². The molecule has 2 aromatic carbocycles. The Morgan fingerprint density at radius 3 is 2.68 bits per heavy atom. The molecule has 22 heavy (non-hydrogen) atoms. The summed E-state index contributed by atoms with van der Waals surface area (Å²) >= 11 is 5.65. The van der Waals surface area contributed by atoms with E-state index in [2.05, 4.69) is 5.32 Å². The molecule has 0 aliphatic rings. The van der Waals surface area contributed by atoms with Crippen LogP contribution in [0.3, 0.4) is 0 Å². The van der Waals surface area contributed by atoms with Crippen LogP contribution >= 0.6 is 11.6 Å². The van der Waals surface area contributed by atoms with E-state index in [9.17, 15) is 9.18 Å². The summed E-state index contributed by atoms with van der Waals surface area (Å²) in [7, 11) is 0. The average Bonchev–Trinajstić information content (AvgIpc) is 2.45. The van der Waals surface area contributed by atoms with Gasteiger partial charge in [-0.3, -0.25) is 4.79 Å². The molecule has 1 N–H and O–H groups in total. The lowest BCUT2D eigenvalue weighted by Gasteiger charge is -2.11. The Kier molecular flexibility index (Phi) is 5.39. The second kappa shape index (κ2) is 7.27. The smallest absolute Gasteiger partial charge is 0.254 e. The van der Waals surface area contributed by atoms with Crippen LogP contribution in [0.5, 0.6) is 5.75 Å². The quantitative estimate of drug-likeness (QED) is 0.848. The molecule has 2 aromatic rings. The monoisotopic (exact) mass is 321 g/mol. The van der Waals surface area contributed by atoms with Crippen molar-refractivity contribution in [2.24, 2.45) is 0 Å². The Hall–Kier alpha value is -2.07. The first-order valence-corrected chi connectivity index (χ1v) is 7.28. The summed E-state index contributed by atoms with van der Waals surface area (Å²) in [4.78, 5) is 11.8. The van der Waals surface area contributed by atoms with Crippen LogP contribution in [0.15, 0.2) is 36.4 Å². The van der Waals surface area contributed by atoms with Gasteiger partial charge in [0.05, 0.1) is 12.1 Å². The molecular weight excluding hydrogens is 305 g/mol. The Bertz CT molecular complexity index is 688. The van der Waals surface area contributed by atoms with Crippen molar-refractivity contribution in [2.45, 2.75) is 13.8 Å². The molecule has 0 atom stereocenters. The van der Waals surface area contributed by atoms with Crippen molar-refractivity contribution in [1.29, 1.82) is 0 Å². The molecule has 0 aliphatic heterocycles. The second-order valence-electron chi connectivity index (χ2n) is 5.00. The molecule has 0 saturated heterocycles. The maximum Gasteiger partial charge on any atom is 0.254 e. The van der Waals surface area contributed by atoms with Gasteiger partial charge in [0.2, 0.25) is 0 Å². The number of halogens is 2. The van der Waals surface area contributed by atoms with Crippen LogP contribution in [0.2, 0.25) is 5.02 Å². The van der Waals surface area contributed by atoms with Gasteiger partial charge in [0.1, 0.15) is 18.2 Å². The van der Waals surface area contributed by atoms with Crippen LogP contribution in [0.1, 0.15) is 21.5 Å². The third-order valence-electron chi connectivity index (χ3n) is 3.15. The zero-order valence-electron chi connectivity index (χ0n) is 12.5. The first kappa shape index (κ1) is 16.3. The van der Waals surface area contributed by atoms with Gasteiger partial charge < -0.3 is 10.1 Å². The van der Waals surface area contributed by atoms with Crippen molar-refractivity contribution >= 4 is 17.5 Å². The number of hydrogen-bond donors (Lipinski definition) is 1. The standard InChI is InChI=1S/C17H17ClFNO2/c1-11-3-6-16(12(2)9-11)22-8-7-20-17(21)14-5-4-13(18)10-15(14)19/h3-6,9-10H,7-8H2,1-2H3,(H,20,21). The fourth-order valence-corrected chi connectivity index (χ4v) is 2.21. The number of carbonyl (C=O) groups is 1. The Labute approximate surface area is 134 Å². The number of amides is 1. The first-order chi connectivity index (χ1) is 10.5. The minimum atomic E-state index is -0.639. The highest BCUT2D eigenvalue weighted by Gasteiger charge is 2.11. The molecule has 0 unspecified atom stereocenters. The molecule has 0 radical (unpaired) electrons. The predicted molar refractivity (Wildman–Crippen MR) is 85.2 cm³/mol. The molecular formula is C17H17ClFNO2. The number of hydrogen-bond acceptors (Lipinski definition) is 2. The summed E-state index contributed by atoms with van der Waals surface area (Å²) in [5.74, 6) is -0.351. The van der Waals surface area contributed by atoms with E-state index in [1.54, 1.807) is 0 Å². The Morgan fingerprint density at radius 1 is 1.23 bits per heavy atom. The maximum atomic E-state index is 13.6. The number of ether oxygens (including phenoxy) is 1. The molecule has 0 spiro atoms. The SMILES string of the molecule is Cc1ccc(OCCNC(=O)c2ccc(Cl)cc2F)c(C)c1. The van der Waals surface area contributed by atoms with Crippen LogP contribution in [0, 0.1) is 19.7 Å². The predicted octanol–water partition coefficient (Wildman–Crippen LogP) is 3.90. The lowest BCUT2D eigenvalue weighted by atomic mass is 10.1. The lowest BCUT2D eigenvalue weighted by Crippen LogP contribution is -2.28. The fraction of sp³-hybridized carbons (Fsp3) is 0.235. The van der Waals surface area contributed by atoms with Crippen molar-refractivity contribution in [3.8, 4) is 5.75 Å². The second-order valence-corrected chi connectivity index (χ2v) is 5.43. The van der Waals surface area contributed by atoms with Crippen molar-refractivity contribution in [3.05, 3.63) is 63.9 Å².